The van der Waals surface area contributed by atoms with E-state index in [2.05, 4.69) is 179 Å². The van der Waals surface area contributed by atoms with Gasteiger partial charge in [0.25, 0.3) is 0 Å². The Morgan fingerprint density at radius 1 is 0.433 bits per heavy atom. The van der Waals surface area contributed by atoms with Crippen molar-refractivity contribution in [3.63, 3.8) is 0 Å². The smallest absolute Gasteiger partial charge is 0.356 e. The Kier molecular flexibility index (Phi) is 91.5. The second kappa shape index (κ2) is 87.3. The van der Waals surface area contributed by atoms with Gasteiger partial charge in [0.2, 0.25) is 0 Å². The number of halogens is 2. The molecule has 4 rings (SSSR count). The SMILES string of the molecule is C1CCOC1.CC(C)(C)[O-].CCCC/C=C\CC/C=C\CCCCCC(OC)OC.CCCCC=O.COC(CCCCC/C=C\CCCCl)OC.COC(CCCCC/C=C\CCC[I-][P+](c1ccccc1)(c1ccccc1)c1ccccc1)OC.C[CH-]CC/C=C\CCCCCC(OC)OC.[K+]. The van der Waals surface area contributed by atoms with Gasteiger partial charge in [-0.25, -0.2) is 0 Å². The van der Waals surface area contributed by atoms with Crippen LogP contribution in [0.25, 0.3) is 0 Å². The molecule has 11 nitrogen and oxygen atoms in total. The number of methoxy groups -OCH3 is 8. The summed E-state index contributed by atoms with van der Waals surface area (Å²) < 4.78 is 47.6. The number of unbranched alkanes of at least 4 members (excludes halogenated alkanes) is 21. The van der Waals surface area contributed by atoms with E-state index in [-0.39, 0.29) is 97.2 Å². The zero-order valence-corrected chi connectivity index (χ0v) is 75.8. The molecule has 3 aromatic rings. The summed E-state index contributed by atoms with van der Waals surface area (Å²) in [6, 6.07) is 33.9. The number of carbonyl (C=O) groups is 1. The van der Waals surface area contributed by atoms with Crippen LogP contribution < -0.4 is 93.1 Å². The molecule has 0 saturated carbocycles. The standard InChI is InChI=1S/C31H40IO2P.C18H34O2.C14H27O2.C13H25ClO2.C5H10O.C4H8O.C4H9O.K/c1-33-31(34-2)26-18-7-5-3-4-6-8-19-27-32-35(28-20-12-9-13-21-28,29-22-14-10-15-23-29)30-24-16-11-17-25-30;1-4-5-6-7-8-9-10-11-12-13-14-15-16-17-18(19-2)20-3;1-4-5-6-7-8-9-10-11-12-13-14(15-2)16-3;1-15-13(16-2)11-9-7-5-3-4-6-8-10-12-14;1-2-3-4-5-6;1-2-4-5-3-1;1-4(2,3)5;/h4,6,9-17,20-25,31H,3,5,7-8,18-19,26-27H2,1-2H3;7-8,11-12,18H,4-6,9-10,13-17H2,1-3H3;4,7-8,14H,5-6,9-13H2,1-3H3;4,6,13H,3,5,7-12H2,1-2H3;5H,2-4H2,1H3;1-4H2;1-3H3;/q;;-1;;;;-1;+1/b6-4-;8-7-,12-11-;8-7-;6-4-;;;;. The van der Waals surface area contributed by atoms with Crippen molar-refractivity contribution in [3.8, 4) is 0 Å². The molecule has 0 aromatic heterocycles. The first-order valence-electron chi connectivity index (χ1n) is 39.5. The number of alkyl halides is 2. The Balaban J connectivity index is -0.000000623. The summed E-state index contributed by atoms with van der Waals surface area (Å²) in [5.74, 6) is 0.764. The van der Waals surface area contributed by atoms with Crippen molar-refractivity contribution in [2.45, 2.75) is 303 Å². The molecule has 1 fully saturated rings. The molecule has 596 valence electrons. The van der Waals surface area contributed by atoms with Gasteiger partial charge >= 0.3 is 261 Å². The van der Waals surface area contributed by atoms with Gasteiger partial charge in [-0.2, -0.15) is 13.3 Å². The van der Waals surface area contributed by atoms with E-state index in [1.807, 2.05) is 0 Å². The summed E-state index contributed by atoms with van der Waals surface area (Å²) in [5, 5.41) is 14.7. The van der Waals surface area contributed by atoms with E-state index in [4.69, 9.17) is 54.2 Å². The van der Waals surface area contributed by atoms with Crippen molar-refractivity contribution in [1.29, 1.82) is 0 Å². The van der Waals surface area contributed by atoms with E-state index >= 15 is 0 Å². The Labute approximate surface area is 698 Å². The fourth-order valence-electron chi connectivity index (χ4n) is 10.2. The van der Waals surface area contributed by atoms with Crippen LogP contribution in [-0.4, -0.2) is 117 Å². The molecule has 15 heteroatoms. The zero-order valence-electron chi connectivity index (χ0n) is 68.9. The van der Waals surface area contributed by atoms with Crippen LogP contribution in [0.4, 0.5) is 0 Å². The van der Waals surface area contributed by atoms with Gasteiger partial charge in [0.1, 0.15) is 6.29 Å². The molecule has 0 N–H and O–H groups in total. The van der Waals surface area contributed by atoms with E-state index in [0.717, 1.165) is 89.6 Å². The van der Waals surface area contributed by atoms with Crippen LogP contribution >= 0.6 is 16.5 Å². The maximum atomic E-state index is 10.1. The minimum atomic E-state index is -1.58. The second-order valence-corrected chi connectivity index (χ2v) is 37.1. The van der Waals surface area contributed by atoms with Crippen LogP contribution in [0, 0.1) is 6.42 Å². The van der Waals surface area contributed by atoms with E-state index in [1.165, 1.54) is 187 Å². The number of ether oxygens (including phenoxy) is 9. The van der Waals surface area contributed by atoms with Crippen molar-refractivity contribution in [2.24, 2.45) is 0 Å². The number of benzene rings is 3. The van der Waals surface area contributed by atoms with Crippen LogP contribution in [0.3, 0.4) is 0 Å². The number of rotatable bonds is 55. The molecular weight excluding hydrogens is 1480 g/mol. The molecule has 1 saturated heterocycles. The minimum absolute atomic E-state index is 0. The van der Waals surface area contributed by atoms with E-state index < -0.39 is 10.5 Å². The normalized spacial score (nSPS) is 12.2. The molecule has 3 aromatic carbocycles. The average molecular weight is 1630 g/mol. The Hall–Kier alpha value is -1.28. The predicted octanol–water partition coefficient (Wildman–Crippen LogP) is 17.1. The summed E-state index contributed by atoms with van der Waals surface area (Å²) in [5.41, 5.74) is -0.750. The van der Waals surface area contributed by atoms with Crippen LogP contribution in [0.2, 0.25) is 0 Å². The fraction of sp³-hybridized carbons (Fsp3) is 0.663. The molecule has 0 spiro atoms. The van der Waals surface area contributed by atoms with Crippen molar-refractivity contribution in [3.05, 3.63) is 158 Å². The Morgan fingerprint density at radius 3 is 0.971 bits per heavy atom. The summed E-state index contributed by atoms with van der Waals surface area (Å²) in [4.78, 5) is 7.99. The maximum absolute atomic E-state index is 10.1. The van der Waals surface area contributed by atoms with Gasteiger partial charge in [-0.15, -0.1) is 17.2 Å². The van der Waals surface area contributed by atoms with Gasteiger partial charge in [-0.1, -0.05) is 128 Å². The molecular formula is C89H153ClIKO11P-. The molecule has 0 unspecified atom stereocenters. The molecule has 1 aliphatic rings. The average Bonchev–Trinajstić information content (AvgIpc) is 1.75. The van der Waals surface area contributed by atoms with E-state index in [0.29, 0.717) is 0 Å². The number of hydrogen-bond acceptors (Lipinski definition) is 11. The van der Waals surface area contributed by atoms with Crippen molar-refractivity contribution in [2.75, 3.05) is 80.4 Å². The molecule has 0 radical (unpaired) electrons. The van der Waals surface area contributed by atoms with Crippen LogP contribution in [0.5, 0.6) is 0 Å². The van der Waals surface area contributed by atoms with E-state index in [9.17, 15) is 9.90 Å². The molecule has 0 amide bonds. The molecule has 0 atom stereocenters. The van der Waals surface area contributed by atoms with Gasteiger partial charge in [-0.3, -0.25) is 0 Å². The minimum Gasteiger partial charge on any atom is -0.356 e. The molecule has 1 aliphatic heterocycles. The summed E-state index contributed by atoms with van der Waals surface area (Å²) in [6.45, 7) is 13.3. The number of hydrogen-bond donors (Lipinski definition) is 0. The van der Waals surface area contributed by atoms with Gasteiger partial charge in [0, 0.05) is 82.4 Å². The first kappa shape index (κ1) is 109. The topological polar surface area (TPSA) is 123 Å². The van der Waals surface area contributed by atoms with Gasteiger partial charge < -0.3 is 49.5 Å². The van der Waals surface area contributed by atoms with Gasteiger partial charge in [0.15, 0.2) is 18.9 Å². The monoisotopic (exact) mass is 1630 g/mol. The third-order valence-corrected chi connectivity index (χ3v) is 30.3. The third-order valence-electron chi connectivity index (χ3n) is 16.1. The number of aldehydes is 1. The first-order valence-corrected chi connectivity index (χ1v) is 46.1. The fourth-order valence-corrected chi connectivity index (χ4v) is 23.9. The quantitative estimate of drug-likeness (QED) is 0.00618. The Bertz CT molecular complexity index is 2130. The van der Waals surface area contributed by atoms with Crippen molar-refractivity contribution >= 4 is 38.7 Å². The number of carbonyl (C=O) groups excluding carboxylic acids is 1. The summed E-state index contributed by atoms with van der Waals surface area (Å²) in [7, 11) is 13.6. The van der Waals surface area contributed by atoms with Crippen molar-refractivity contribution in [1.82, 2.24) is 0 Å². The van der Waals surface area contributed by atoms with Crippen LogP contribution in [0.15, 0.2) is 152 Å². The third kappa shape index (κ3) is 73.5. The second-order valence-electron chi connectivity index (χ2n) is 26.3. The van der Waals surface area contributed by atoms with E-state index in [1.54, 1.807) is 77.6 Å². The Morgan fingerprint density at radius 2 is 0.712 bits per heavy atom. The molecule has 0 aliphatic carbocycles. The van der Waals surface area contributed by atoms with Gasteiger partial charge in [-0.05, 0) is 128 Å². The summed E-state index contributed by atoms with van der Waals surface area (Å²) in [6.07, 6.45) is 68.3. The first-order chi connectivity index (χ1) is 50.3. The molecule has 1 heterocycles. The van der Waals surface area contributed by atoms with Gasteiger partial charge in [0.05, 0.1) is 0 Å². The summed E-state index contributed by atoms with van der Waals surface area (Å²) >= 11 is 5.53. The number of allylic oxidation sites excluding steroid dienone is 10. The zero-order chi connectivity index (χ0) is 76.5. The van der Waals surface area contributed by atoms with Crippen LogP contribution in [0.1, 0.15) is 273 Å². The molecule has 104 heavy (non-hydrogen) atoms. The predicted molar refractivity (Wildman–Crippen MR) is 442 cm³/mol. The van der Waals surface area contributed by atoms with Crippen LogP contribution in [-0.2, 0) is 47.4 Å². The van der Waals surface area contributed by atoms with Crippen molar-refractivity contribution < 1.29 is 125 Å². The molecule has 0 bridgehead atoms.